The third-order valence-electron chi connectivity index (χ3n) is 1.89. The summed E-state index contributed by atoms with van der Waals surface area (Å²) in [6.45, 7) is 0. The van der Waals surface area contributed by atoms with Gasteiger partial charge < -0.3 is 9.90 Å². The van der Waals surface area contributed by atoms with Gasteiger partial charge in [0.05, 0.1) is 10.7 Å². The van der Waals surface area contributed by atoms with E-state index in [-0.39, 0.29) is 0 Å². The largest absolute Gasteiger partial charge is 0.369 e. The summed E-state index contributed by atoms with van der Waals surface area (Å²) in [6.07, 6.45) is -0.434. The van der Waals surface area contributed by atoms with Crippen LogP contribution in [0.4, 0.5) is 0 Å². The number of hydrogen-bond acceptors (Lipinski definition) is 4. The van der Waals surface area contributed by atoms with Crippen LogP contribution in [0.2, 0.25) is 0 Å². The molecular weight excluding hydrogens is 168 g/mol. The standard InChI is InChI=1S/C9H8N2O2/c12-5-8-9(13)11-7-4-2-1-3-6(7)10-8/h1-5,8-9,13H. The lowest BCUT2D eigenvalue weighted by Gasteiger charge is -2.12. The van der Waals surface area contributed by atoms with E-state index in [2.05, 4.69) is 9.98 Å². The number of aliphatic hydroxyl groups is 1. The molecule has 2 rings (SSSR count). The lowest BCUT2D eigenvalue weighted by molar-refractivity contribution is -0.111. The summed E-state index contributed by atoms with van der Waals surface area (Å²) in [4.78, 5) is 18.4. The van der Waals surface area contributed by atoms with Crippen LogP contribution in [0.25, 0.3) is 0 Å². The van der Waals surface area contributed by atoms with Crippen LogP contribution in [0.1, 0.15) is 0 Å². The third-order valence-corrected chi connectivity index (χ3v) is 1.89. The predicted molar refractivity (Wildman–Crippen MR) is 44.6 cm³/mol. The number of hydrogen-bond donors (Lipinski definition) is 1. The third kappa shape index (κ3) is 1.36. The van der Waals surface area contributed by atoms with E-state index >= 15 is 0 Å². The molecule has 1 heterocycles. The van der Waals surface area contributed by atoms with Crippen LogP contribution >= 0.6 is 0 Å². The summed E-state index contributed by atoms with van der Waals surface area (Å²) in [7, 11) is 0. The first kappa shape index (κ1) is 8.07. The lowest BCUT2D eigenvalue weighted by Crippen LogP contribution is -2.39. The van der Waals surface area contributed by atoms with Gasteiger partial charge in [0.2, 0.25) is 0 Å². The molecule has 0 fully saturated rings. The number of carbonyl (C=O) groups excluding carboxylic acids is 1. The summed E-state index contributed by atoms with van der Waals surface area (Å²) >= 11 is 0. The Bertz CT molecular complexity index is 441. The smallest absolute Gasteiger partial charge is 0.175 e. The van der Waals surface area contributed by atoms with Crippen LogP contribution < -0.4 is 10.7 Å². The molecule has 1 aromatic carbocycles. The number of nitrogens with zero attached hydrogens (tertiary/aromatic N) is 2. The molecule has 1 aliphatic rings. The highest BCUT2D eigenvalue weighted by Crippen LogP contribution is 1.97. The van der Waals surface area contributed by atoms with Crippen molar-refractivity contribution in [1.29, 1.82) is 0 Å². The van der Waals surface area contributed by atoms with E-state index < -0.39 is 12.3 Å². The van der Waals surface area contributed by atoms with E-state index in [9.17, 15) is 9.90 Å². The SMILES string of the molecule is O=CC1N=c2ccccc2=NC1O. The number of fused-ring (bicyclic) bond motifs is 1. The fraction of sp³-hybridized carbons (Fsp3) is 0.222. The molecule has 0 spiro atoms. The Morgan fingerprint density at radius 1 is 1.23 bits per heavy atom. The zero-order chi connectivity index (χ0) is 9.26. The first-order valence-corrected chi connectivity index (χ1v) is 3.95. The minimum absolute atomic E-state index is 0.601. The second-order valence-corrected chi connectivity index (χ2v) is 2.79. The Morgan fingerprint density at radius 2 is 1.85 bits per heavy atom. The van der Waals surface area contributed by atoms with Crippen LogP contribution in [0.3, 0.4) is 0 Å². The molecule has 0 saturated carbocycles. The van der Waals surface area contributed by atoms with Crippen molar-refractivity contribution in [2.75, 3.05) is 0 Å². The minimum atomic E-state index is -1.03. The molecule has 1 N–H and O–H groups in total. The topological polar surface area (TPSA) is 62.0 Å². The molecule has 0 radical (unpaired) electrons. The molecule has 4 heteroatoms. The van der Waals surface area contributed by atoms with E-state index in [1.54, 1.807) is 12.1 Å². The van der Waals surface area contributed by atoms with E-state index in [0.29, 0.717) is 17.0 Å². The van der Waals surface area contributed by atoms with Gasteiger partial charge in [-0.15, -0.1) is 0 Å². The Balaban J connectivity index is 2.65. The predicted octanol–water partition coefficient (Wildman–Crippen LogP) is -1.17. The number of rotatable bonds is 1. The van der Waals surface area contributed by atoms with Gasteiger partial charge in [-0.05, 0) is 12.1 Å². The summed E-state index contributed by atoms with van der Waals surface area (Å²) in [5.41, 5.74) is 0. The van der Waals surface area contributed by atoms with Gasteiger partial charge in [-0.2, -0.15) is 0 Å². The Morgan fingerprint density at radius 3 is 2.46 bits per heavy atom. The summed E-state index contributed by atoms with van der Waals surface area (Å²) in [6, 6.07) is 6.39. The fourth-order valence-corrected chi connectivity index (χ4v) is 1.23. The van der Waals surface area contributed by atoms with Crippen LogP contribution in [-0.2, 0) is 4.79 Å². The minimum Gasteiger partial charge on any atom is -0.369 e. The van der Waals surface area contributed by atoms with Crippen molar-refractivity contribution in [3.63, 3.8) is 0 Å². The summed E-state index contributed by atoms with van der Waals surface area (Å²) in [5.74, 6) is 0. The van der Waals surface area contributed by atoms with Crippen LogP contribution in [0, 0.1) is 0 Å². The van der Waals surface area contributed by atoms with Crippen molar-refractivity contribution >= 4 is 6.29 Å². The van der Waals surface area contributed by atoms with Crippen LogP contribution in [0.5, 0.6) is 0 Å². The molecule has 1 aromatic rings. The van der Waals surface area contributed by atoms with Gasteiger partial charge in [0.15, 0.2) is 12.3 Å². The maximum Gasteiger partial charge on any atom is 0.175 e. The van der Waals surface area contributed by atoms with Crippen LogP contribution in [-0.4, -0.2) is 23.7 Å². The molecule has 13 heavy (non-hydrogen) atoms. The van der Waals surface area contributed by atoms with E-state index in [0.717, 1.165) is 0 Å². The molecule has 0 bridgehead atoms. The lowest BCUT2D eigenvalue weighted by atomic mass is 10.2. The number of aliphatic hydroxyl groups excluding tert-OH is 1. The number of aldehydes is 1. The fourth-order valence-electron chi connectivity index (χ4n) is 1.23. The van der Waals surface area contributed by atoms with Crippen molar-refractivity contribution < 1.29 is 9.90 Å². The average Bonchev–Trinajstić information content (AvgIpc) is 2.17. The molecule has 0 aliphatic carbocycles. The van der Waals surface area contributed by atoms with Gasteiger partial charge in [-0.3, -0.25) is 4.99 Å². The average molecular weight is 176 g/mol. The Kier molecular flexibility index (Phi) is 1.90. The van der Waals surface area contributed by atoms with Gasteiger partial charge in [0.1, 0.15) is 6.29 Å². The molecular formula is C9H8N2O2. The quantitative estimate of drug-likeness (QED) is 0.548. The normalized spacial score (nSPS) is 25.3. The summed E-state index contributed by atoms with van der Waals surface area (Å²) < 4.78 is 0. The molecule has 1 aliphatic heterocycles. The molecule has 0 aromatic heterocycles. The second kappa shape index (κ2) is 3.06. The van der Waals surface area contributed by atoms with Crippen molar-refractivity contribution in [1.82, 2.24) is 0 Å². The molecule has 66 valence electrons. The maximum atomic E-state index is 10.5. The van der Waals surface area contributed by atoms with E-state index in [1.807, 2.05) is 12.1 Å². The number of carbonyl (C=O) groups is 1. The molecule has 0 saturated heterocycles. The second-order valence-electron chi connectivity index (χ2n) is 2.79. The number of para-hydroxylation sites is 2. The van der Waals surface area contributed by atoms with Gasteiger partial charge in [0, 0.05) is 0 Å². The van der Waals surface area contributed by atoms with Crippen molar-refractivity contribution in [2.24, 2.45) is 9.98 Å². The van der Waals surface area contributed by atoms with Gasteiger partial charge in [0.25, 0.3) is 0 Å². The number of benzene rings is 1. The highest BCUT2D eigenvalue weighted by Gasteiger charge is 2.18. The monoisotopic (exact) mass is 176 g/mol. The Hall–Kier alpha value is -1.55. The van der Waals surface area contributed by atoms with Gasteiger partial charge in [-0.25, -0.2) is 4.99 Å². The molecule has 2 atom stereocenters. The van der Waals surface area contributed by atoms with Gasteiger partial charge in [-0.1, -0.05) is 12.1 Å². The van der Waals surface area contributed by atoms with Crippen molar-refractivity contribution in [3.05, 3.63) is 35.0 Å². The zero-order valence-electron chi connectivity index (χ0n) is 6.79. The van der Waals surface area contributed by atoms with E-state index in [4.69, 9.17) is 0 Å². The van der Waals surface area contributed by atoms with Gasteiger partial charge >= 0.3 is 0 Å². The van der Waals surface area contributed by atoms with Crippen LogP contribution in [0.15, 0.2) is 34.3 Å². The van der Waals surface area contributed by atoms with Crippen molar-refractivity contribution in [2.45, 2.75) is 12.3 Å². The maximum absolute atomic E-state index is 10.5. The first-order chi connectivity index (χ1) is 6.31. The van der Waals surface area contributed by atoms with Crippen molar-refractivity contribution in [3.8, 4) is 0 Å². The first-order valence-electron chi connectivity index (χ1n) is 3.95. The summed E-state index contributed by atoms with van der Waals surface area (Å²) in [5, 5.41) is 10.6. The molecule has 4 nitrogen and oxygen atoms in total. The van der Waals surface area contributed by atoms with E-state index in [1.165, 1.54) is 0 Å². The highest BCUT2D eigenvalue weighted by molar-refractivity contribution is 5.59. The zero-order valence-corrected chi connectivity index (χ0v) is 6.79. The highest BCUT2D eigenvalue weighted by atomic mass is 16.3. The molecule has 2 unspecified atom stereocenters. The Labute approximate surface area is 74.3 Å². The molecule has 0 amide bonds.